The summed E-state index contributed by atoms with van der Waals surface area (Å²) in [7, 11) is 0. The Morgan fingerprint density at radius 3 is 2.94 bits per heavy atom. The number of hydrogen-bond acceptors (Lipinski definition) is 3. The molecular weight excluding hydrogens is 294 g/mol. The fraction of sp³-hybridized carbons (Fsp3) is 0.154. The number of nitrogens with zero attached hydrogens (tertiary/aromatic N) is 2. The highest BCUT2D eigenvalue weighted by Gasteiger charge is 2.10. The van der Waals surface area contributed by atoms with Crippen LogP contribution < -0.4 is 5.32 Å². The van der Waals surface area contributed by atoms with E-state index in [-0.39, 0.29) is 5.91 Å². The van der Waals surface area contributed by atoms with Gasteiger partial charge < -0.3 is 5.32 Å². The topological polar surface area (TPSA) is 54.9 Å². The van der Waals surface area contributed by atoms with Crippen LogP contribution in [-0.2, 0) is 6.54 Å². The number of rotatable bonds is 3. The molecule has 0 atom stereocenters. The molecule has 1 aromatic carbocycles. The highest BCUT2D eigenvalue weighted by atomic mass is 79.9. The zero-order chi connectivity index (χ0) is 13.0. The summed E-state index contributed by atoms with van der Waals surface area (Å²) in [6.07, 6.45) is 3.12. The smallest absolute Gasteiger partial charge is 0.251 e. The summed E-state index contributed by atoms with van der Waals surface area (Å²) in [4.78, 5) is 19.9. The molecule has 0 spiro atoms. The summed E-state index contributed by atoms with van der Waals surface area (Å²) >= 11 is 3.41. The molecule has 1 aromatic heterocycles. The fourth-order valence-corrected chi connectivity index (χ4v) is 1.91. The summed E-state index contributed by atoms with van der Waals surface area (Å²) in [5.74, 6) is -0.104. The molecule has 1 N–H and O–H groups in total. The van der Waals surface area contributed by atoms with Crippen molar-refractivity contribution in [3.05, 3.63) is 58.1 Å². The molecule has 1 amide bonds. The predicted octanol–water partition coefficient (Wildman–Crippen LogP) is 2.48. The lowest BCUT2D eigenvalue weighted by Crippen LogP contribution is -2.24. The SMILES string of the molecule is Cc1c(Br)cccc1C(=O)NCc1ccncn1. The molecule has 0 radical (unpaired) electrons. The molecule has 1 heterocycles. The Balaban J connectivity index is 2.07. The van der Waals surface area contributed by atoms with E-state index >= 15 is 0 Å². The Hall–Kier alpha value is -1.75. The average Bonchev–Trinajstić information content (AvgIpc) is 2.40. The molecule has 4 nitrogen and oxygen atoms in total. The van der Waals surface area contributed by atoms with Crippen LogP contribution in [0.2, 0.25) is 0 Å². The largest absolute Gasteiger partial charge is 0.346 e. The Bertz CT molecular complexity index is 557. The molecule has 0 aliphatic heterocycles. The van der Waals surface area contributed by atoms with E-state index in [0.29, 0.717) is 12.1 Å². The standard InChI is InChI=1S/C13H12BrN3O/c1-9-11(3-2-4-12(9)14)13(18)16-7-10-5-6-15-8-17-10/h2-6,8H,7H2,1H3,(H,16,18). The summed E-state index contributed by atoms with van der Waals surface area (Å²) < 4.78 is 0.928. The van der Waals surface area contributed by atoms with Gasteiger partial charge in [-0.25, -0.2) is 9.97 Å². The first-order valence-corrected chi connectivity index (χ1v) is 6.26. The number of hydrogen-bond donors (Lipinski definition) is 1. The first kappa shape index (κ1) is 12.7. The molecule has 0 unspecified atom stereocenters. The number of nitrogens with one attached hydrogen (secondary N) is 1. The highest BCUT2D eigenvalue weighted by molar-refractivity contribution is 9.10. The van der Waals surface area contributed by atoms with Gasteiger partial charge in [-0.3, -0.25) is 4.79 Å². The third-order valence-electron chi connectivity index (χ3n) is 2.59. The maximum Gasteiger partial charge on any atom is 0.251 e. The van der Waals surface area contributed by atoms with Gasteiger partial charge in [0.2, 0.25) is 0 Å². The second-order valence-corrected chi connectivity index (χ2v) is 4.65. The van der Waals surface area contributed by atoms with Crippen LogP contribution in [0.1, 0.15) is 21.6 Å². The molecular formula is C13H12BrN3O. The van der Waals surface area contributed by atoms with Crippen LogP contribution in [0.25, 0.3) is 0 Å². The Kier molecular flexibility index (Phi) is 4.04. The van der Waals surface area contributed by atoms with Crippen molar-refractivity contribution in [1.29, 1.82) is 0 Å². The van der Waals surface area contributed by atoms with Crippen molar-refractivity contribution in [2.24, 2.45) is 0 Å². The number of carbonyl (C=O) groups is 1. The van der Waals surface area contributed by atoms with E-state index in [1.54, 1.807) is 18.3 Å². The summed E-state index contributed by atoms with van der Waals surface area (Å²) in [5, 5.41) is 2.83. The monoisotopic (exact) mass is 305 g/mol. The minimum atomic E-state index is -0.104. The molecule has 0 saturated heterocycles. The number of amides is 1. The lowest BCUT2D eigenvalue weighted by atomic mass is 10.1. The van der Waals surface area contributed by atoms with Crippen LogP contribution in [0.3, 0.4) is 0 Å². The lowest BCUT2D eigenvalue weighted by molar-refractivity contribution is 0.0949. The zero-order valence-corrected chi connectivity index (χ0v) is 11.4. The Morgan fingerprint density at radius 2 is 2.22 bits per heavy atom. The summed E-state index contributed by atoms with van der Waals surface area (Å²) in [6, 6.07) is 7.33. The van der Waals surface area contributed by atoms with Gasteiger partial charge in [0.15, 0.2) is 0 Å². The van der Waals surface area contributed by atoms with Crippen LogP contribution in [-0.4, -0.2) is 15.9 Å². The van der Waals surface area contributed by atoms with Gasteiger partial charge in [-0.15, -0.1) is 0 Å². The van der Waals surface area contributed by atoms with Crippen molar-refractivity contribution in [1.82, 2.24) is 15.3 Å². The molecule has 0 bridgehead atoms. The van der Waals surface area contributed by atoms with Gasteiger partial charge in [0.1, 0.15) is 6.33 Å². The third kappa shape index (κ3) is 2.92. The fourth-order valence-electron chi connectivity index (χ4n) is 1.54. The first-order valence-electron chi connectivity index (χ1n) is 5.46. The molecule has 0 saturated carbocycles. The highest BCUT2D eigenvalue weighted by Crippen LogP contribution is 2.19. The summed E-state index contributed by atoms with van der Waals surface area (Å²) in [6.45, 7) is 2.30. The van der Waals surface area contributed by atoms with Crippen LogP contribution in [0.15, 0.2) is 41.3 Å². The molecule has 0 aliphatic carbocycles. The molecule has 5 heteroatoms. The van der Waals surface area contributed by atoms with E-state index in [9.17, 15) is 4.79 Å². The average molecular weight is 306 g/mol. The van der Waals surface area contributed by atoms with Gasteiger partial charge >= 0.3 is 0 Å². The van der Waals surface area contributed by atoms with E-state index in [1.807, 2.05) is 19.1 Å². The van der Waals surface area contributed by atoms with E-state index in [1.165, 1.54) is 6.33 Å². The molecule has 2 aromatic rings. The van der Waals surface area contributed by atoms with E-state index < -0.39 is 0 Å². The second kappa shape index (κ2) is 5.73. The van der Waals surface area contributed by atoms with Crippen molar-refractivity contribution in [3.63, 3.8) is 0 Å². The zero-order valence-electron chi connectivity index (χ0n) is 9.85. The van der Waals surface area contributed by atoms with Gasteiger partial charge in [-0.2, -0.15) is 0 Å². The van der Waals surface area contributed by atoms with E-state index in [2.05, 4.69) is 31.2 Å². The Morgan fingerprint density at radius 1 is 1.39 bits per heavy atom. The van der Waals surface area contributed by atoms with Crippen molar-refractivity contribution < 1.29 is 4.79 Å². The van der Waals surface area contributed by atoms with E-state index in [0.717, 1.165) is 15.7 Å². The third-order valence-corrected chi connectivity index (χ3v) is 3.44. The van der Waals surface area contributed by atoms with Crippen LogP contribution in [0.4, 0.5) is 0 Å². The Labute approximate surface area is 114 Å². The maximum absolute atomic E-state index is 12.0. The van der Waals surface area contributed by atoms with Gasteiger partial charge in [0, 0.05) is 16.2 Å². The molecule has 0 aliphatic rings. The minimum absolute atomic E-state index is 0.104. The predicted molar refractivity (Wildman–Crippen MR) is 72.1 cm³/mol. The number of halogens is 1. The van der Waals surface area contributed by atoms with Crippen molar-refractivity contribution >= 4 is 21.8 Å². The molecule has 0 fully saturated rings. The quantitative estimate of drug-likeness (QED) is 0.948. The van der Waals surface area contributed by atoms with Crippen molar-refractivity contribution in [2.75, 3.05) is 0 Å². The molecule has 2 rings (SSSR count). The first-order chi connectivity index (χ1) is 8.68. The maximum atomic E-state index is 12.0. The van der Waals surface area contributed by atoms with E-state index in [4.69, 9.17) is 0 Å². The van der Waals surface area contributed by atoms with Crippen LogP contribution >= 0.6 is 15.9 Å². The van der Waals surface area contributed by atoms with Crippen LogP contribution in [0.5, 0.6) is 0 Å². The van der Waals surface area contributed by atoms with Crippen molar-refractivity contribution in [2.45, 2.75) is 13.5 Å². The lowest BCUT2D eigenvalue weighted by Gasteiger charge is -2.08. The number of carbonyl (C=O) groups excluding carboxylic acids is 1. The number of benzene rings is 1. The van der Waals surface area contributed by atoms with Crippen molar-refractivity contribution in [3.8, 4) is 0 Å². The van der Waals surface area contributed by atoms with Gasteiger partial charge in [-0.1, -0.05) is 22.0 Å². The number of aromatic nitrogens is 2. The van der Waals surface area contributed by atoms with Crippen LogP contribution in [0, 0.1) is 6.92 Å². The summed E-state index contributed by atoms with van der Waals surface area (Å²) in [5.41, 5.74) is 2.38. The molecule has 92 valence electrons. The van der Waals surface area contributed by atoms with Gasteiger partial charge in [0.25, 0.3) is 5.91 Å². The minimum Gasteiger partial charge on any atom is -0.346 e. The van der Waals surface area contributed by atoms with Gasteiger partial charge in [-0.05, 0) is 30.7 Å². The normalized spacial score (nSPS) is 10.1. The van der Waals surface area contributed by atoms with Gasteiger partial charge in [0.05, 0.1) is 12.2 Å². The molecule has 18 heavy (non-hydrogen) atoms. The second-order valence-electron chi connectivity index (χ2n) is 3.80.